The van der Waals surface area contributed by atoms with Gasteiger partial charge in [-0.05, 0) is 93.8 Å². The van der Waals surface area contributed by atoms with Crippen LogP contribution in [0.1, 0.15) is 62.5 Å². The van der Waals surface area contributed by atoms with Crippen molar-refractivity contribution in [3.8, 4) is 0 Å². The molecule has 1 aromatic carbocycles. The third-order valence-electron chi connectivity index (χ3n) is 6.88. The molecule has 2 aliphatic carbocycles. The highest BCUT2D eigenvalue weighted by Gasteiger charge is 2.36. The summed E-state index contributed by atoms with van der Waals surface area (Å²) in [6.45, 7) is 7.49. The lowest BCUT2D eigenvalue weighted by molar-refractivity contribution is 0.0738. The van der Waals surface area contributed by atoms with Gasteiger partial charge in [0, 0.05) is 0 Å². The van der Waals surface area contributed by atoms with Crippen molar-refractivity contribution >= 4 is 0 Å². The standard InChI is InChI=1S/C27H36F2O2/c1-4-30-27(26(29)17-28)14-7-20(3)31-18-21-8-11-25-16-24(13-12-23(25)15-21)22-9-5-19(2)6-10-22/h5-7,9-10,14,21,23-25H,3-4,8,11-13,15-18H2,1-2H3/b14-7-,27-26-. The summed E-state index contributed by atoms with van der Waals surface area (Å²) in [5.41, 5.74) is 2.83. The summed E-state index contributed by atoms with van der Waals surface area (Å²) >= 11 is 0. The summed E-state index contributed by atoms with van der Waals surface area (Å²) in [5.74, 6) is 2.30. The summed E-state index contributed by atoms with van der Waals surface area (Å²) in [4.78, 5) is 0. The van der Waals surface area contributed by atoms with Gasteiger partial charge in [-0.3, -0.25) is 0 Å². The first-order chi connectivity index (χ1) is 15.0. The van der Waals surface area contributed by atoms with Gasteiger partial charge in [0.25, 0.3) is 0 Å². The van der Waals surface area contributed by atoms with Crippen molar-refractivity contribution in [2.45, 2.75) is 58.3 Å². The Morgan fingerprint density at radius 2 is 1.74 bits per heavy atom. The van der Waals surface area contributed by atoms with Crippen molar-refractivity contribution in [2.75, 3.05) is 19.9 Å². The van der Waals surface area contributed by atoms with Gasteiger partial charge >= 0.3 is 0 Å². The zero-order chi connectivity index (χ0) is 22.2. The van der Waals surface area contributed by atoms with Crippen molar-refractivity contribution in [3.63, 3.8) is 0 Å². The maximum Gasteiger partial charge on any atom is 0.173 e. The monoisotopic (exact) mass is 430 g/mol. The largest absolute Gasteiger partial charge is 0.494 e. The highest BCUT2D eigenvalue weighted by Crippen LogP contribution is 2.47. The lowest BCUT2D eigenvalue weighted by Crippen LogP contribution is -2.31. The molecular weight excluding hydrogens is 394 g/mol. The number of hydrogen-bond donors (Lipinski definition) is 0. The molecule has 4 atom stereocenters. The van der Waals surface area contributed by atoms with E-state index < -0.39 is 12.5 Å². The van der Waals surface area contributed by atoms with Gasteiger partial charge in [-0.1, -0.05) is 36.4 Å². The average Bonchev–Trinajstić information content (AvgIpc) is 2.80. The van der Waals surface area contributed by atoms with Crippen LogP contribution < -0.4 is 0 Å². The van der Waals surface area contributed by atoms with Gasteiger partial charge in [-0.15, -0.1) is 0 Å². The highest BCUT2D eigenvalue weighted by molar-refractivity contribution is 5.25. The van der Waals surface area contributed by atoms with Gasteiger partial charge in [-0.2, -0.15) is 0 Å². The second-order valence-electron chi connectivity index (χ2n) is 9.07. The topological polar surface area (TPSA) is 18.5 Å². The molecule has 0 N–H and O–H groups in total. The molecule has 3 rings (SSSR count). The highest BCUT2D eigenvalue weighted by atomic mass is 19.2. The van der Waals surface area contributed by atoms with E-state index in [0.717, 1.165) is 11.8 Å². The zero-order valence-corrected chi connectivity index (χ0v) is 18.9. The predicted octanol–water partition coefficient (Wildman–Crippen LogP) is 7.57. The lowest BCUT2D eigenvalue weighted by atomic mass is 9.64. The van der Waals surface area contributed by atoms with Crippen LogP contribution in [0.25, 0.3) is 0 Å². The SMILES string of the molecule is C=C(/C=C\C(OCC)=C(\F)CF)OCC1CCC2CC(c3ccc(C)cc3)CCC2C1. The van der Waals surface area contributed by atoms with Crippen LogP contribution >= 0.6 is 0 Å². The van der Waals surface area contributed by atoms with Crippen LogP contribution in [0, 0.1) is 24.7 Å². The van der Waals surface area contributed by atoms with E-state index in [9.17, 15) is 8.78 Å². The minimum absolute atomic E-state index is 0.0967. The second-order valence-corrected chi connectivity index (χ2v) is 9.07. The number of allylic oxidation sites excluding steroid dienone is 3. The van der Waals surface area contributed by atoms with Crippen molar-refractivity contribution in [1.82, 2.24) is 0 Å². The molecule has 0 aliphatic heterocycles. The molecule has 4 unspecified atom stereocenters. The Morgan fingerprint density at radius 1 is 1.03 bits per heavy atom. The summed E-state index contributed by atoms with van der Waals surface area (Å²) in [7, 11) is 0. The van der Waals surface area contributed by atoms with E-state index in [1.807, 2.05) is 0 Å². The maximum atomic E-state index is 13.5. The molecule has 0 saturated heterocycles. The molecule has 2 nitrogen and oxygen atoms in total. The number of fused-ring (bicyclic) bond motifs is 1. The average molecular weight is 431 g/mol. The van der Waals surface area contributed by atoms with Crippen LogP contribution in [0.4, 0.5) is 8.78 Å². The Labute approximate surface area is 186 Å². The molecule has 2 fully saturated rings. The molecule has 1 aromatic rings. The molecular formula is C27H36F2O2. The molecule has 0 heterocycles. The smallest absolute Gasteiger partial charge is 0.173 e. The van der Waals surface area contributed by atoms with Gasteiger partial charge in [0.1, 0.15) is 12.4 Å². The summed E-state index contributed by atoms with van der Waals surface area (Å²) < 4.78 is 37.0. The zero-order valence-electron chi connectivity index (χ0n) is 18.9. The fraction of sp³-hybridized carbons (Fsp3) is 0.556. The first-order valence-corrected chi connectivity index (χ1v) is 11.6. The number of rotatable bonds is 9. The van der Waals surface area contributed by atoms with E-state index in [-0.39, 0.29) is 12.4 Å². The Balaban J connectivity index is 1.45. The molecule has 31 heavy (non-hydrogen) atoms. The minimum Gasteiger partial charge on any atom is -0.494 e. The predicted molar refractivity (Wildman–Crippen MR) is 122 cm³/mol. The van der Waals surface area contributed by atoms with Crippen LogP contribution in [0.15, 0.2) is 60.3 Å². The molecule has 4 heteroatoms. The Bertz CT molecular complexity index is 781. The van der Waals surface area contributed by atoms with Crippen molar-refractivity contribution in [2.24, 2.45) is 17.8 Å². The van der Waals surface area contributed by atoms with E-state index in [1.165, 1.54) is 55.7 Å². The van der Waals surface area contributed by atoms with E-state index in [1.54, 1.807) is 13.0 Å². The van der Waals surface area contributed by atoms with E-state index in [2.05, 4.69) is 37.8 Å². The van der Waals surface area contributed by atoms with E-state index in [4.69, 9.17) is 9.47 Å². The normalized spacial score (nSPS) is 26.8. The van der Waals surface area contributed by atoms with Crippen LogP contribution in [-0.4, -0.2) is 19.9 Å². The first kappa shape index (κ1) is 23.6. The minimum atomic E-state index is -1.18. The fourth-order valence-corrected chi connectivity index (χ4v) is 5.16. The number of alkyl halides is 1. The van der Waals surface area contributed by atoms with E-state index >= 15 is 0 Å². The van der Waals surface area contributed by atoms with Gasteiger partial charge in [0.15, 0.2) is 11.6 Å². The third kappa shape index (κ3) is 6.69. The van der Waals surface area contributed by atoms with Gasteiger partial charge in [0.05, 0.1) is 13.2 Å². The Hall–Kier alpha value is -2.10. The van der Waals surface area contributed by atoms with Crippen LogP contribution in [0.2, 0.25) is 0 Å². The van der Waals surface area contributed by atoms with Gasteiger partial charge in [-0.25, -0.2) is 8.78 Å². The number of hydrogen-bond acceptors (Lipinski definition) is 2. The third-order valence-corrected chi connectivity index (χ3v) is 6.88. The summed E-state index contributed by atoms with van der Waals surface area (Å²) in [6.07, 6.45) is 10.5. The Morgan fingerprint density at radius 3 is 2.45 bits per heavy atom. The molecule has 0 aromatic heterocycles. The lowest BCUT2D eigenvalue weighted by Gasteiger charge is -2.42. The molecule has 0 radical (unpaired) electrons. The van der Waals surface area contributed by atoms with Crippen LogP contribution in [0.3, 0.4) is 0 Å². The fourth-order valence-electron chi connectivity index (χ4n) is 5.16. The Kier molecular flexibility index (Phi) is 8.74. The molecule has 0 bridgehead atoms. The second kappa shape index (κ2) is 11.5. The molecule has 0 spiro atoms. The van der Waals surface area contributed by atoms with Gasteiger partial charge < -0.3 is 9.47 Å². The van der Waals surface area contributed by atoms with Gasteiger partial charge in [0.2, 0.25) is 0 Å². The van der Waals surface area contributed by atoms with Crippen molar-refractivity contribution in [1.29, 1.82) is 0 Å². The maximum absolute atomic E-state index is 13.5. The van der Waals surface area contributed by atoms with Crippen molar-refractivity contribution < 1.29 is 18.3 Å². The van der Waals surface area contributed by atoms with Crippen LogP contribution in [0.5, 0.6) is 0 Å². The van der Waals surface area contributed by atoms with Crippen molar-refractivity contribution in [3.05, 3.63) is 71.5 Å². The number of halogens is 2. The molecule has 170 valence electrons. The van der Waals surface area contributed by atoms with Crippen LogP contribution in [-0.2, 0) is 9.47 Å². The summed E-state index contributed by atoms with van der Waals surface area (Å²) in [6, 6.07) is 9.08. The number of ether oxygens (including phenoxy) is 2. The first-order valence-electron chi connectivity index (χ1n) is 11.6. The van der Waals surface area contributed by atoms with E-state index in [0.29, 0.717) is 24.2 Å². The number of benzene rings is 1. The molecule has 0 amide bonds. The number of aryl methyl sites for hydroxylation is 1. The molecule has 2 aliphatic rings. The molecule has 2 saturated carbocycles. The quantitative estimate of drug-likeness (QED) is 0.297. The summed E-state index contributed by atoms with van der Waals surface area (Å²) in [5, 5.41) is 0.